The predicted octanol–water partition coefficient (Wildman–Crippen LogP) is 3.65. The zero-order valence-electron chi connectivity index (χ0n) is 17.4. The molecule has 0 bridgehead atoms. The molecule has 174 valence electrons. The Kier molecular flexibility index (Phi) is 5.87. The first-order valence-corrected chi connectivity index (χ1v) is 10.8. The topological polar surface area (TPSA) is 74.5 Å². The van der Waals surface area contributed by atoms with E-state index in [0.717, 1.165) is 23.6 Å². The number of rotatable bonds is 4. The van der Waals surface area contributed by atoms with Gasteiger partial charge in [0.25, 0.3) is 5.91 Å². The first-order valence-electron chi connectivity index (χ1n) is 10.0. The number of benzene rings is 1. The summed E-state index contributed by atoms with van der Waals surface area (Å²) in [6.45, 7) is -0.413. The molecule has 2 heterocycles. The third-order valence-electron chi connectivity index (χ3n) is 5.99. The van der Waals surface area contributed by atoms with Gasteiger partial charge in [-0.3, -0.25) is 14.7 Å². The lowest BCUT2D eigenvalue weighted by Crippen LogP contribution is -2.55. The Bertz CT molecular complexity index is 1170. The first kappa shape index (κ1) is 23.5. The highest BCUT2D eigenvalue weighted by Gasteiger charge is 2.59. The van der Waals surface area contributed by atoms with Crippen molar-refractivity contribution in [3.63, 3.8) is 0 Å². The molecule has 1 aromatic carbocycles. The van der Waals surface area contributed by atoms with E-state index in [2.05, 4.69) is 10.3 Å². The summed E-state index contributed by atoms with van der Waals surface area (Å²) < 4.78 is 55.4. The normalized spacial score (nSPS) is 17.5. The van der Waals surface area contributed by atoms with Crippen LogP contribution in [0.1, 0.15) is 36.1 Å². The lowest BCUT2D eigenvalue weighted by molar-refractivity contribution is -0.138. The number of nitrogens with two attached hydrogens (primary N) is 1. The van der Waals surface area contributed by atoms with E-state index >= 15 is 0 Å². The van der Waals surface area contributed by atoms with Crippen molar-refractivity contribution in [1.29, 1.82) is 0 Å². The standard InChI is InChI=1S/C21H19F4N5OS2/c1-27-17(32)13-4-3-11(8-15(13)22)30-19(33)29(18(31)20(30)5-2-6-20)12-7-14(21(23,24)25)16(9-26)28-10-12/h3-4,7-8,10H,2,5-6,9,26H2,1H3,(H,27,32). The van der Waals surface area contributed by atoms with Gasteiger partial charge in [-0.15, -0.1) is 0 Å². The van der Waals surface area contributed by atoms with Crippen LogP contribution in [0.15, 0.2) is 30.5 Å². The van der Waals surface area contributed by atoms with Crippen molar-refractivity contribution in [3.05, 3.63) is 53.1 Å². The number of anilines is 2. The number of alkyl halides is 3. The van der Waals surface area contributed by atoms with Gasteiger partial charge < -0.3 is 16.0 Å². The van der Waals surface area contributed by atoms with Crippen LogP contribution in [-0.2, 0) is 17.5 Å². The van der Waals surface area contributed by atoms with Crippen molar-refractivity contribution in [1.82, 2.24) is 10.3 Å². The molecule has 2 aromatic rings. The monoisotopic (exact) mass is 497 g/mol. The fourth-order valence-corrected chi connectivity index (χ4v) is 4.82. The van der Waals surface area contributed by atoms with Crippen LogP contribution < -0.4 is 20.9 Å². The molecule has 2 fully saturated rings. The largest absolute Gasteiger partial charge is 0.418 e. The number of amides is 1. The molecule has 33 heavy (non-hydrogen) atoms. The SMILES string of the molecule is CNC(=S)c1ccc(N2C(=S)N(c3cnc(CN)c(C(F)(F)F)c3)C(=O)C23CCC3)cc1F. The van der Waals surface area contributed by atoms with E-state index in [1.807, 2.05) is 0 Å². The fraction of sp³-hybridized carbons (Fsp3) is 0.333. The van der Waals surface area contributed by atoms with Crippen molar-refractivity contribution in [2.75, 3.05) is 16.8 Å². The van der Waals surface area contributed by atoms with E-state index in [1.54, 1.807) is 13.1 Å². The van der Waals surface area contributed by atoms with Gasteiger partial charge in [-0.05, 0) is 55.7 Å². The lowest BCUT2D eigenvalue weighted by atomic mass is 9.75. The summed E-state index contributed by atoms with van der Waals surface area (Å²) in [5.74, 6) is -1.08. The number of nitrogens with one attached hydrogen (secondary N) is 1. The zero-order valence-corrected chi connectivity index (χ0v) is 19.0. The number of aromatic nitrogens is 1. The molecule has 0 unspecified atom stereocenters. The highest BCUT2D eigenvalue weighted by molar-refractivity contribution is 7.81. The van der Waals surface area contributed by atoms with Gasteiger partial charge in [0, 0.05) is 24.8 Å². The van der Waals surface area contributed by atoms with Crippen LogP contribution in [0, 0.1) is 5.82 Å². The molecule has 1 spiro atoms. The molecular weight excluding hydrogens is 478 g/mol. The number of hydrogen-bond acceptors (Lipinski definition) is 5. The number of carbonyl (C=O) groups is 1. The highest BCUT2D eigenvalue weighted by Crippen LogP contribution is 2.48. The summed E-state index contributed by atoms with van der Waals surface area (Å²) in [5, 5.41) is 2.66. The number of pyridine rings is 1. The molecule has 2 aliphatic rings. The number of thiocarbonyl (C=S) groups is 2. The molecule has 1 aromatic heterocycles. The van der Waals surface area contributed by atoms with Crippen molar-refractivity contribution in [3.8, 4) is 0 Å². The van der Waals surface area contributed by atoms with E-state index in [4.69, 9.17) is 30.2 Å². The smallest absolute Gasteiger partial charge is 0.379 e. The van der Waals surface area contributed by atoms with Crippen LogP contribution in [0.4, 0.5) is 28.9 Å². The van der Waals surface area contributed by atoms with Gasteiger partial charge in [0.05, 0.1) is 23.1 Å². The number of hydrogen-bond donors (Lipinski definition) is 2. The van der Waals surface area contributed by atoms with Crippen molar-refractivity contribution in [2.45, 2.75) is 37.5 Å². The summed E-state index contributed by atoms with van der Waals surface area (Å²) in [4.78, 5) is 20.1. The quantitative estimate of drug-likeness (QED) is 0.494. The minimum atomic E-state index is -4.71. The third-order valence-corrected chi connectivity index (χ3v) is 6.78. The number of carbonyl (C=O) groups excluding carboxylic acids is 1. The maximum Gasteiger partial charge on any atom is 0.418 e. The highest BCUT2D eigenvalue weighted by atomic mass is 32.1. The molecule has 6 nitrogen and oxygen atoms in total. The Morgan fingerprint density at radius 1 is 1.27 bits per heavy atom. The molecule has 1 amide bonds. The fourth-order valence-electron chi connectivity index (χ4n) is 4.18. The Morgan fingerprint density at radius 3 is 2.48 bits per heavy atom. The van der Waals surface area contributed by atoms with E-state index < -0.39 is 35.5 Å². The van der Waals surface area contributed by atoms with Crippen LogP contribution in [0.25, 0.3) is 0 Å². The minimum Gasteiger partial charge on any atom is -0.379 e. The van der Waals surface area contributed by atoms with Gasteiger partial charge in [-0.25, -0.2) is 4.39 Å². The van der Waals surface area contributed by atoms with Crippen LogP contribution >= 0.6 is 24.4 Å². The average molecular weight is 498 g/mol. The summed E-state index contributed by atoms with van der Waals surface area (Å²) >= 11 is 10.6. The van der Waals surface area contributed by atoms with Crippen LogP contribution in [0.3, 0.4) is 0 Å². The van der Waals surface area contributed by atoms with Crippen LogP contribution in [0.5, 0.6) is 0 Å². The van der Waals surface area contributed by atoms with Gasteiger partial charge in [-0.2, -0.15) is 13.2 Å². The molecule has 4 rings (SSSR count). The Morgan fingerprint density at radius 2 is 1.97 bits per heavy atom. The predicted molar refractivity (Wildman–Crippen MR) is 123 cm³/mol. The van der Waals surface area contributed by atoms with Gasteiger partial charge in [0.2, 0.25) is 0 Å². The molecule has 1 saturated carbocycles. The van der Waals surface area contributed by atoms with Gasteiger partial charge in [0.15, 0.2) is 5.11 Å². The van der Waals surface area contributed by atoms with Gasteiger partial charge >= 0.3 is 6.18 Å². The Labute approximate surface area is 197 Å². The summed E-state index contributed by atoms with van der Waals surface area (Å²) in [5.41, 5.74) is 3.34. The van der Waals surface area contributed by atoms with E-state index in [9.17, 15) is 22.4 Å². The molecule has 1 aliphatic heterocycles. The maximum atomic E-state index is 14.8. The molecule has 12 heteroatoms. The Hall–Kier alpha value is -2.70. The maximum absolute atomic E-state index is 14.8. The lowest BCUT2D eigenvalue weighted by Gasteiger charge is -2.43. The summed E-state index contributed by atoms with van der Waals surface area (Å²) in [6.07, 6.45) is -1.98. The summed E-state index contributed by atoms with van der Waals surface area (Å²) in [7, 11) is 1.57. The second-order valence-corrected chi connectivity index (χ2v) is 8.55. The minimum absolute atomic E-state index is 0.0431. The van der Waals surface area contributed by atoms with E-state index in [0.29, 0.717) is 18.5 Å². The number of halogens is 4. The number of nitrogens with zero attached hydrogens (tertiary/aromatic N) is 3. The van der Waals surface area contributed by atoms with E-state index in [-0.39, 0.29) is 27.0 Å². The van der Waals surface area contributed by atoms with Crippen LogP contribution in [0.2, 0.25) is 0 Å². The van der Waals surface area contributed by atoms with Crippen molar-refractivity contribution in [2.24, 2.45) is 5.73 Å². The third kappa shape index (κ3) is 3.65. The average Bonchev–Trinajstić information content (AvgIpc) is 2.98. The van der Waals surface area contributed by atoms with Crippen molar-refractivity contribution >= 4 is 51.8 Å². The van der Waals surface area contributed by atoms with Crippen LogP contribution in [-0.4, -0.2) is 33.6 Å². The van der Waals surface area contributed by atoms with E-state index in [1.165, 1.54) is 17.0 Å². The van der Waals surface area contributed by atoms with Crippen molar-refractivity contribution < 1.29 is 22.4 Å². The molecular formula is C21H19F4N5OS2. The molecule has 0 radical (unpaired) electrons. The second kappa shape index (κ2) is 8.26. The Balaban J connectivity index is 1.79. The molecule has 0 atom stereocenters. The molecule has 3 N–H and O–H groups in total. The second-order valence-electron chi connectivity index (χ2n) is 7.78. The zero-order chi connectivity index (χ0) is 24.1. The molecule has 1 saturated heterocycles. The van der Waals surface area contributed by atoms with Gasteiger partial charge in [-0.1, -0.05) is 12.2 Å². The van der Waals surface area contributed by atoms with Gasteiger partial charge in [0.1, 0.15) is 16.3 Å². The summed E-state index contributed by atoms with van der Waals surface area (Å²) in [6, 6.07) is 5.11. The first-order chi connectivity index (χ1) is 15.5. The molecule has 1 aliphatic carbocycles.